The van der Waals surface area contributed by atoms with Crippen LogP contribution in [0, 0.1) is 0 Å². The van der Waals surface area contributed by atoms with Crippen molar-refractivity contribution in [3.05, 3.63) is 11.1 Å². The molecule has 0 spiro atoms. The van der Waals surface area contributed by atoms with Crippen LogP contribution in [0.4, 0.5) is 5.82 Å². The summed E-state index contributed by atoms with van der Waals surface area (Å²) in [5, 5.41) is 0.111. The predicted octanol–water partition coefficient (Wildman–Crippen LogP) is 0.545. The predicted molar refractivity (Wildman–Crippen MR) is 77.7 cm³/mol. The Morgan fingerprint density at radius 2 is 2.00 bits per heavy atom. The summed E-state index contributed by atoms with van der Waals surface area (Å²) < 4.78 is 5.33. The first-order valence-corrected chi connectivity index (χ1v) is 6.91. The number of amides is 1. The van der Waals surface area contributed by atoms with Gasteiger partial charge in [0.15, 0.2) is 17.3 Å². The van der Waals surface area contributed by atoms with Gasteiger partial charge in [0.1, 0.15) is 5.52 Å². The van der Waals surface area contributed by atoms with Crippen LogP contribution in [0.2, 0.25) is 5.28 Å². The van der Waals surface area contributed by atoms with Crippen molar-refractivity contribution < 1.29 is 9.53 Å². The monoisotopic (exact) mass is 310 g/mol. The number of morpholine rings is 1. The Hall–Kier alpha value is -1.93. The fourth-order valence-electron chi connectivity index (χ4n) is 2.17. The first-order valence-electron chi connectivity index (χ1n) is 6.54. The van der Waals surface area contributed by atoms with E-state index in [2.05, 4.69) is 19.9 Å². The van der Waals surface area contributed by atoms with Crippen molar-refractivity contribution in [2.45, 2.75) is 0 Å². The SMILES string of the molecule is CN(C)C(=O)c1nc2nc(Cl)nc(N3CCOCC3)c2[nH]1. The lowest BCUT2D eigenvalue weighted by atomic mass is 10.4. The normalized spacial score (nSPS) is 15.5. The fourth-order valence-corrected chi connectivity index (χ4v) is 2.33. The lowest BCUT2D eigenvalue weighted by Gasteiger charge is -2.27. The van der Waals surface area contributed by atoms with Gasteiger partial charge >= 0.3 is 0 Å². The molecule has 112 valence electrons. The fraction of sp³-hybridized carbons (Fsp3) is 0.500. The van der Waals surface area contributed by atoms with E-state index in [4.69, 9.17) is 16.3 Å². The van der Waals surface area contributed by atoms with Crippen LogP contribution in [-0.4, -0.2) is 71.1 Å². The molecule has 0 saturated carbocycles. The third-order valence-corrected chi connectivity index (χ3v) is 3.39. The Morgan fingerprint density at radius 3 is 2.67 bits per heavy atom. The zero-order valence-corrected chi connectivity index (χ0v) is 12.5. The molecule has 3 rings (SSSR count). The Morgan fingerprint density at radius 1 is 1.29 bits per heavy atom. The van der Waals surface area contributed by atoms with Crippen LogP contribution in [0.15, 0.2) is 0 Å². The maximum atomic E-state index is 12.0. The minimum atomic E-state index is -0.225. The molecule has 0 radical (unpaired) electrons. The molecule has 21 heavy (non-hydrogen) atoms. The number of rotatable bonds is 2. The summed E-state index contributed by atoms with van der Waals surface area (Å²) in [5.74, 6) is 0.650. The van der Waals surface area contributed by atoms with Crippen molar-refractivity contribution in [2.75, 3.05) is 45.3 Å². The zero-order chi connectivity index (χ0) is 15.0. The highest BCUT2D eigenvalue weighted by molar-refractivity contribution is 6.28. The van der Waals surface area contributed by atoms with Gasteiger partial charge in [-0.25, -0.2) is 4.98 Å². The molecule has 2 aromatic heterocycles. The molecule has 0 bridgehead atoms. The van der Waals surface area contributed by atoms with Gasteiger partial charge in [0.2, 0.25) is 5.28 Å². The number of halogens is 1. The van der Waals surface area contributed by atoms with E-state index in [0.29, 0.717) is 43.3 Å². The van der Waals surface area contributed by atoms with Crippen LogP contribution in [0.5, 0.6) is 0 Å². The van der Waals surface area contributed by atoms with E-state index in [-0.39, 0.29) is 17.0 Å². The Labute approximate surface area is 126 Å². The van der Waals surface area contributed by atoms with Gasteiger partial charge in [0.25, 0.3) is 5.91 Å². The van der Waals surface area contributed by atoms with Crippen LogP contribution in [0.1, 0.15) is 10.6 Å². The molecule has 0 atom stereocenters. The molecule has 1 aliphatic heterocycles. The number of H-pyrrole nitrogens is 1. The summed E-state index contributed by atoms with van der Waals surface area (Å²) in [7, 11) is 3.33. The number of anilines is 1. The number of carbonyl (C=O) groups is 1. The average molecular weight is 311 g/mol. The molecule has 1 aliphatic rings. The number of imidazole rings is 1. The molecule has 3 heterocycles. The summed E-state index contributed by atoms with van der Waals surface area (Å²) in [6.07, 6.45) is 0. The van der Waals surface area contributed by atoms with E-state index in [0.717, 1.165) is 0 Å². The standard InChI is InChI=1S/C12H15ClN6O2/c1-18(2)11(20)9-14-7-8(15-9)16-12(13)17-10(7)19-3-5-21-6-4-19/h3-6H2,1-2H3,(H,14,15,16,17). The highest BCUT2D eigenvalue weighted by Gasteiger charge is 2.22. The minimum absolute atomic E-state index is 0.111. The van der Waals surface area contributed by atoms with Crippen LogP contribution in [-0.2, 0) is 4.74 Å². The molecule has 1 saturated heterocycles. The second kappa shape index (κ2) is 5.45. The van der Waals surface area contributed by atoms with E-state index < -0.39 is 0 Å². The molecule has 0 aliphatic carbocycles. The van der Waals surface area contributed by atoms with Crippen molar-refractivity contribution in [3.8, 4) is 0 Å². The van der Waals surface area contributed by atoms with Crippen molar-refractivity contribution >= 4 is 34.5 Å². The van der Waals surface area contributed by atoms with Crippen molar-refractivity contribution in [2.24, 2.45) is 0 Å². The number of aromatic nitrogens is 4. The smallest absolute Gasteiger partial charge is 0.289 e. The number of carbonyl (C=O) groups excluding carboxylic acids is 1. The molecule has 2 aromatic rings. The van der Waals surface area contributed by atoms with Gasteiger partial charge in [-0.15, -0.1) is 0 Å². The van der Waals surface area contributed by atoms with Gasteiger partial charge in [-0.1, -0.05) is 0 Å². The Kier molecular flexibility index (Phi) is 3.64. The number of nitrogens with one attached hydrogen (secondary N) is 1. The first-order chi connectivity index (χ1) is 10.1. The first kappa shape index (κ1) is 14.0. The Bertz CT molecular complexity index is 680. The second-order valence-corrected chi connectivity index (χ2v) is 5.24. The van der Waals surface area contributed by atoms with E-state index in [9.17, 15) is 4.79 Å². The quantitative estimate of drug-likeness (QED) is 0.815. The van der Waals surface area contributed by atoms with Crippen molar-refractivity contribution in [1.82, 2.24) is 24.8 Å². The third kappa shape index (κ3) is 2.64. The van der Waals surface area contributed by atoms with Crippen LogP contribution < -0.4 is 4.90 Å². The zero-order valence-electron chi connectivity index (χ0n) is 11.8. The Balaban J connectivity index is 2.08. The molecule has 1 amide bonds. The summed E-state index contributed by atoms with van der Waals surface area (Å²) in [6, 6.07) is 0. The number of hydrogen-bond donors (Lipinski definition) is 1. The van der Waals surface area contributed by atoms with Crippen LogP contribution in [0.3, 0.4) is 0 Å². The summed E-state index contributed by atoms with van der Waals surface area (Å²) in [5.41, 5.74) is 1.01. The van der Waals surface area contributed by atoms with Crippen molar-refractivity contribution in [1.29, 1.82) is 0 Å². The molecule has 1 fully saturated rings. The van der Waals surface area contributed by atoms with Gasteiger partial charge in [0, 0.05) is 27.2 Å². The molecular formula is C12H15ClN6O2. The minimum Gasteiger partial charge on any atom is -0.378 e. The summed E-state index contributed by atoms with van der Waals surface area (Å²) in [6.45, 7) is 2.67. The van der Waals surface area contributed by atoms with Crippen LogP contribution in [0.25, 0.3) is 11.2 Å². The lowest BCUT2D eigenvalue weighted by Crippen LogP contribution is -2.37. The van der Waals surface area contributed by atoms with Gasteiger partial charge in [0.05, 0.1) is 13.2 Å². The van der Waals surface area contributed by atoms with E-state index in [1.54, 1.807) is 14.1 Å². The lowest BCUT2D eigenvalue weighted by molar-refractivity contribution is 0.0817. The maximum Gasteiger partial charge on any atom is 0.289 e. The summed E-state index contributed by atoms with van der Waals surface area (Å²) >= 11 is 5.97. The molecule has 8 nitrogen and oxygen atoms in total. The largest absolute Gasteiger partial charge is 0.378 e. The molecule has 0 unspecified atom stereocenters. The third-order valence-electron chi connectivity index (χ3n) is 3.22. The van der Waals surface area contributed by atoms with Crippen molar-refractivity contribution in [3.63, 3.8) is 0 Å². The van der Waals surface area contributed by atoms with E-state index in [1.165, 1.54) is 4.90 Å². The number of ether oxygens (including phenoxy) is 1. The van der Waals surface area contributed by atoms with Gasteiger partial charge in [-0.2, -0.15) is 9.97 Å². The topological polar surface area (TPSA) is 87.2 Å². The number of aromatic amines is 1. The highest BCUT2D eigenvalue weighted by Crippen LogP contribution is 2.24. The van der Waals surface area contributed by atoms with Gasteiger partial charge < -0.3 is 19.5 Å². The van der Waals surface area contributed by atoms with Gasteiger partial charge in [-0.3, -0.25) is 4.79 Å². The second-order valence-electron chi connectivity index (χ2n) is 4.90. The molecular weight excluding hydrogens is 296 g/mol. The number of hydrogen-bond acceptors (Lipinski definition) is 6. The molecule has 1 N–H and O–H groups in total. The highest BCUT2D eigenvalue weighted by atomic mass is 35.5. The average Bonchev–Trinajstić information content (AvgIpc) is 2.90. The van der Waals surface area contributed by atoms with E-state index >= 15 is 0 Å². The number of nitrogens with zero attached hydrogens (tertiary/aromatic N) is 5. The van der Waals surface area contributed by atoms with E-state index in [1.807, 2.05) is 4.90 Å². The van der Waals surface area contributed by atoms with Crippen LogP contribution >= 0.6 is 11.6 Å². The van der Waals surface area contributed by atoms with Gasteiger partial charge in [-0.05, 0) is 11.6 Å². The number of fused-ring (bicyclic) bond motifs is 1. The molecule has 0 aromatic carbocycles. The molecule has 9 heteroatoms. The maximum absolute atomic E-state index is 12.0. The summed E-state index contributed by atoms with van der Waals surface area (Å²) in [4.78, 5) is 31.1.